The highest BCUT2D eigenvalue weighted by Gasteiger charge is 2.24. The minimum atomic E-state index is 0.716. The van der Waals surface area contributed by atoms with Gasteiger partial charge in [0.2, 0.25) is 0 Å². The van der Waals surface area contributed by atoms with Crippen molar-refractivity contribution >= 4 is 0 Å². The van der Waals surface area contributed by atoms with Gasteiger partial charge in [-0.3, -0.25) is 0 Å². The van der Waals surface area contributed by atoms with E-state index in [1.807, 2.05) is 0 Å². The van der Waals surface area contributed by atoms with Gasteiger partial charge in [0.1, 0.15) is 0 Å². The molecule has 114 valence electrons. The number of rotatable bonds is 11. The van der Waals surface area contributed by atoms with Crippen molar-refractivity contribution in [1.29, 1.82) is 0 Å². The quantitative estimate of drug-likeness (QED) is 0.556. The monoisotopic (exact) mass is 269 g/mol. The van der Waals surface area contributed by atoms with E-state index in [1.165, 1.54) is 64.2 Å². The highest BCUT2D eigenvalue weighted by molar-refractivity contribution is 4.79. The number of hydrogen-bond donors (Lipinski definition) is 1. The summed E-state index contributed by atoms with van der Waals surface area (Å²) >= 11 is 0. The van der Waals surface area contributed by atoms with Crippen LogP contribution in [0.1, 0.15) is 78.1 Å². The fraction of sp³-hybridized carbons (Fsp3) is 1.00. The van der Waals surface area contributed by atoms with E-state index in [1.54, 1.807) is 0 Å². The molecule has 1 saturated heterocycles. The summed E-state index contributed by atoms with van der Waals surface area (Å²) in [6.45, 7) is 7.63. The topological polar surface area (TPSA) is 21.3 Å². The normalized spacial score (nSPS) is 23.7. The SMILES string of the molecule is CCCCCCCCCC1COCCC1NCCC. The molecule has 0 bridgehead atoms. The largest absolute Gasteiger partial charge is 0.381 e. The van der Waals surface area contributed by atoms with Crippen molar-refractivity contribution < 1.29 is 4.74 Å². The van der Waals surface area contributed by atoms with Gasteiger partial charge < -0.3 is 10.1 Å². The van der Waals surface area contributed by atoms with Gasteiger partial charge >= 0.3 is 0 Å². The molecule has 1 rings (SSSR count). The fourth-order valence-electron chi connectivity index (χ4n) is 3.04. The van der Waals surface area contributed by atoms with Crippen LogP contribution in [0.15, 0.2) is 0 Å². The Hall–Kier alpha value is -0.0800. The van der Waals surface area contributed by atoms with E-state index >= 15 is 0 Å². The first-order valence-electron chi connectivity index (χ1n) is 8.69. The molecule has 0 aromatic rings. The van der Waals surface area contributed by atoms with Crippen LogP contribution in [0.4, 0.5) is 0 Å². The van der Waals surface area contributed by atoms with Gasteiger partial charge in [0.15, 0.2) is 0 Å². The lowest BCUT2D eigenvalue weighted by molar-refractivity contribution is 0.0278. The van der Waals surface area contributed by atoms with Gasteiger partial charge in [-0.1, -0.05) is 58.8 Å². The van der Waals surface area contributed by atoms with Gasteiger partial charge in [0, 0.05) is 12.6 Å². The third-order valence-electron chi connectivity index (χ3n) is 4.31. The molecule has 0 aromatic carbocycles. The summed E-state index contributed by atoms with van der Waals surface area (Å²) in [7, 11) is 0. The Morgan fingerprint density at radius 2 is 1.68 bits per heavy atom. The lowest BCUT2D eigenvalue weighted by atomic mass is 9.90. The summed E-state index contributed by atoms with van der Waals surface area (Å²) in [6.07, 6.45) is 13.7. The van der Waals surface area contributed by atoms with Crippen molar-refractivity contribution in [2.45, 2.75) is 84.1 Å². The summed E-state index contributed by atoms with van der Waals surface area (Å²) in [5, 5.41) is 3.71. The zero-order chi connectivity index (χ0) is 13.8. The maximum absolute atomic E-state index is 5.66. The van der Waals surface area contributed by atoms with Gasteiger partial charge in [-0.15, -0.1) is 0 Å². The summed E-state index contributed by atoms with van der Waals surface area (Å²) in [5.74, 6) is 0.760. The molecule has 0 spiro atoms. The Labute approximate surface area is 120 Å². The number of nitrogens with one attached hydrogen (secondary N) is 1. The van der Waals surface area contributed by atoms with E-state index in [4.69, 9.17) is 4.74 Å². The van der Waals surface area contributed by atoms with Crippen LogP contribution in [0, 0.1) is 5.92 Å². The summed E-state index contributed by atoms with van der Waals surface area (Å²) < 4.78 is 5.66. The first kappa shape index (κ1) is 17.0. The highest BCUT2D eigenvalue weighted by atomic mass is 16.5. The van der Waals surface area contributed by atoms with Gasteiger partial charge in [0.05, 0.1) is 6.61 Å². The molecule has 1 fully saturated rings. The molecule has 2 atom stereocenters. The second kappa shape index (κ2) is 11.7. The van der Waals surface area contributed by atoms with Gasteiger partial charge in [-0.25, -0.2) is 0 Å². The maximum Gasteiger partial charge on any atom is 0.0509 e. The van der Waals surface area contributed by atoms with Crippen LogP contribution < -0.4 is 5.32 Å². The van der Waals surface area contributed by atoms with E-state index in [0.717, 1.165) is 25.7 Å². The third kappa shape index (κ3) is 7.94. The molecule has 0 amide bonds. The van der Waals surface area contributed by atoms with E-state index in [2.05, 4.69) is 19.2 Å². The van der Waals surface area contributed by atoms with Crippen LogP contribution >= 0.6 is 0 Å². The Kier molecular flexibility index (Phi) is 10.5. The van der Waals surface area contributed by atoms with Crippen LogP contribution in [0.25, 0.3) is 0 Å². The first-order chi connectivity index (χ1) is 9.38. The minimum absolute atomic E-state index is 0.716. The predicted molar refractivity (Wildman–Crippen MR) is 83.6 cm³/mol. The predicted octanol–water partition coefficient (Wildman–Crippen LogP) is 4.53. The molecule has 1 N–H and O–H groups in total. The van der Waals surface area contributed by atoms with Crippen LogP contribution in [0.2, 0.25) is 0 Å². The molecule has 0 saturated carbocycles. The Morgan fingerprint density at radius 1 is 0.947 bits per heavy atom. The van der Waals surface area contributed by atoms with Crippen molar-refractivity contribution in [2.24, 2.45) is 5.92 Å². The van der Waals surface area contributed by atoms with E-state index in [-0.39, 0.29) is 0 Å². The van der Waals surface area contributed by atoms with Crippen molar-refractivity contribution in [3.63, 3.8) is 0 Å². The average molecular weight is 269 g/mol. The van der Waals surface area contributed by atoms with Crippen LogP contribution in [-0.4, -0.2) is 25.8 Å². The second-order valence-electron chi connectivity index (χ2n) is 6.09. The Bertz CT molecular complexity index is 196. The van der Waals surface area contributed by atoms with Crippen LogP contribution in [-0.2, 0) is 4.74 Å². The summed E-state index contributed by atoms with van der Waals surface area (Å²) in [4.78, 5) is 0. The van der Waals surface area contributed by atoms with Gasteiger partial charge in [-0.2, -0.15) is 0 Å². The number of ether oxygens (including phenoxy) is 1. The second-order valence-corrected chi connectivity index (χ2v) is 6.09. The summed E-state index contributed by atoms with van der Waals surface area (Å²) in [5.41, 5.74) is 0. The van der Waals surface area contributed by atoms with Crippen molar-refractivity contribution in [3.05, 3.63) is 0 Å². The lowest BCUT2D eigenvalue weighted by Gasteiger charge is -2.32. The average Bonchev–Trinajstić information content (AvgIpc) is 2.45. The van der Waals surface area contributed by atoms with Crippen molar-refractivity contribution in [3.8, 4) is 0 Å². The highest BCUT2D eigenvalue weighted by Crippen LogP contribution is 2.21. The first-order valence-corrected chi connectivity index (χ1v) is 8.69. The summed E-state index contributed by atoms with van der Waals surface area (Å²) in [6, 6.07) is 0.716. The molecule has 19 heavy (non-hydrogen) atoms. The molecule has 1 aliphatic rings. The zero-order valence-corrected chi connectivity index (χ0v) is 13.3. The van der Waals surface area contributed by atoms with Crippen LogP contribution in [0.5, 0.6) is 0 Å². The van der Waals surface area contributed by atoms with Crippen molar-refractivity contribution in [2.75, 3.05) is 19.8 Å². The molecule has 2 nitrogen and oxygen atoms in total. The number of hydrogen-bond acceptors (Lipinski definition) is 2. The Balaban J connectivity index is 2.04. The third-order valence-corrected chi connectivity index (χ3v) is 4.31. The number of unbranched alkanes of at least 4 members (excludes halogenated alkanes) is 6. The lowest BCUT2D eigenvalue weighted by Crippen LogP contribution is -2.43. The standard InChI is InChI=1S/C17H35NO/c1-3-5-6-7-8-9-10-11-16-15-19-14-12-17(16)18-13-4-2/h16-18H,3-15H2,1-2H3. The smallest absolute Gasteiger partial charge is 0.0509 e. The van der Waals surface area contributed by atoms with E-state index in [0.29, 0.717) is 6.04 Å². The molecule has 0 aliphatic carbocycles. The molecule has 0 aromatic heterocycles. The van der Waals surface area contributed by atoms with Gasteiger partial charge in [0.25, 0.3) is 0 Å². The molecule has 0 radical (unpaired) electrons. The van der Waals surface area contributed by atoms with E-state index < -0.39 is 0 Å². The minimum Gasteiger partial charge on any atom is -0.381 e. The molecular formula is C17H35NO. The van der Waals surface area contributed by atoms with E-state index in [9.17, 15) is 0 Å². The van der Waals surface area contributed by atoms with Gasteiger partial charge in [-0.05, 0) is 31.7 Å². The zero-order valence-electron chi connectivity index (χ0n) is 13.3. The molecule has 2 heteroatoms. The Morgan fingerprint density at radius 3 is 2.42 bits per heavy atom. The molecule has 1 aliphatic heterocycles. The van der Waals surface area contributed by atoms with Crippen molar-refractivity contribution in [1.82, 2.24) is 5.32 Å². The maximum atomic E-state index is 5.66. The molecular weight excluding hydrogens is 234 g/mol. The molecule has 1 heterocycles. The molecule has 2 unspecified atom stereocenters. The fourth-order valence-corrected chi connectivity index (χ4v) is 3.04. The van der Waals surface area contributed by atoms with Crippen LogP contribution in [0.3, 0.4) is 0 Å².